The van der Waals surface area contributed by atoms with Gasteiger partial charge in [0.05, 0.1) is 45.6 Å². The molecule has 0 spiro atoms. The van der Waals surface area contributed by atoms with Gasteiger partial charge in [0, 0.05) is 11.4 Å². The Labute approximate surface area is 409 Å². The lowest BCUT2D eigenvalue weighted by molar-refractivity contribution is -0.715. The molecule has 0 amide bonds. The smallest absolute Gasteiger partial charge is 0.401 e. The second-order valence-electron chi connectivity index (χ2n) is 16.2. The van der Waals surface area contributed by atoms with Gasteiger partial charge in [-0.25, -0.2) is 33.5 Å². The molecule has 398 valence electrons. The maximum atomic E-state index is 12.8. The summed E-state index contributed by atoms with van der Waals surface area (Å²) in [4.78, 5) is 103. The highest BCUT2D eigenvalue weighted by atomic mass is 32.5. The summed E-state index contributed by atoms with van der Waals surface area (Å²) < 4.78 is 87.2. The van der Waals surface area contributed by atoms with E-state index in [0.717, 1.165) is 21.8 Å². The summed E-state index contributed by atoms with van der Waals surface area (Å²) in [6, 6.07) is 0. The number of hydrogen-bond acceptors (Lipinski definition) is 31. The minimum absolute atomic E-state index is 0.0365. The van der Waals surface area contributed by atoms with E-state index in [-0.39, 0.29) is 51.5 Å². The van der Waals surface area contributed by atoms with E-state index in [9.17, 15) is 63.3 Å². The van der Waals surface area contributed by atoms with Crippen molar-refractivity contribution in [2.45, 2.75) is 73.9 Å². The Bertz CT molecular complexity index is 3310. The number of nitrogens with zero attached hydrogens (tertiary/aromatic N) is 9. The van der Waals surface area contributed by atoms with Gasteiger partial charge in [0.1, 0.15) is 54.6 Å². The van der Waals surface area contributed by atoms with E-state index in [4.69, 9.17) is 56.8 Å². The molecule has 4 aliphatic rings. The lowest BCUT2D eigenvalue weighted by Gasteiger charge is -2.34. The lowest BCUT2D eigenvalue weighted by Crippen LogP contribution is -3.03. The number of phosphoric acid groups is 3. The van der Waals surface area contributed by atoms with E-state index in [2.05, 4.69) is 53.0 Å². The van der Waals surface area contributed by atoms with Crippen molar-refractivity contribution in [1.29, 1.82) is 0 Å². The second kappa shape index (κ2) is 19.9. The van der Waals surface area contributed by atoms with Crippen molar-refractivity contribution >= 4 is 99.9 Å². The number of nitrogens with two attached hydrogens (primary N) is 3. The van der Waals surface area contributed by atoms with E-state index in [1.165, 1.54) is 24.3 Å². The monoisotopic (exact) mass is 1130 g/mol. The van der Waals surface area contributed by atoms with Crippen LogP contribution in [0.5, 0.6) is 0 Å². The van der Waals surface area contributed by atoms with E-state index in [0.29, 0.717) is 4.90 Å². The summed E-state index contributed by atoms with van der Waals surface area (Å²) in [6.45, 7) is -7.46. The van der Waals surface area contributed by atoms with Gasteiger partial charge in [0.2, 0.25) is 12.2 Å². The maximum absolute atomic E-state index is 12.8. The number of phosphoric ester groups is 2. The summed E-state index contributed by atoms with van der Waals surface area (Å²) in [5.41, 5.74) is 15.8. The van der Waals surface area contributed by atoms with Crippen LogP contribution >= 0.6 is 30.2 Å². The first-order valence-electron chi connectivity index (χ1n) is 20.7. The number of nitrogen functional groups attached to an aromatic ring is 3. The molecule has 42 heteroatoms. The van der Waals surface area contributed by atoms with Crippen molar-refractivity contribution in [3.8, 4) is 0 Å². The van der Waals surface area contributed by atoms with Crippen LogP contribution in [0.1, 0.15) is 18.9 Å². The number of aromatic amines is 2. The number of fused-ring (bicyclic) bond motifs is 3. The summed E-state index contributed by atoms with van der Waals surface area (Å²) in [6.07, 6.45) is -13.0. The third kappa shape index (κ3) is 11.0. The van der Waals surface area contributed by atoms with Crippen LogP contribution < -0.4 is 47.9 Å². The van der Waals surface area contributed by atoms with E-state index in [1.54, 1.807) is 0 Å². The molecule has 5 unspecified atom stereocenters. The van der Waals surface area contributed by atoms with Crippen molar-refractivity contribution in [3.05, 3.63) is 39.7 Å². The molecular weight excluding hydrogens is 1090 g/mol. The lowest BCUT2D eigenvalue weighted by atomic mass is 10.1. The second-order valence-corrected chi connectivity index (χ2v) is 23.5. The average Bonchev–Trinajstić information content (AvgIpc) is 4.14. The van der Waals surface area contributed by atoms with Gasteiger partial charge in [-0.05, 0) is 11.8 Å². The number of aliphatic hydroxyl groups excluding tert-OH is 4. The van der Waals surface area contributed by atoms with Crippen molar-refractivity contribution < 1.29 is 104 Å². The zero-order valence-electron chi connectivity index (χ0n) is 36.6. The molecule has 4 aliphatic heterocycles. The van der Waals surface area contributed by atoms with Gasteiger partial charge in [-0.1, -0.05) is 0 Å². The number of anilines is 3. The summed E-state index contributed by atoms with van der Waals surface area (Å²) in [5.74, 6) is -0.719. The molecule has 0 saturated carbocycles. The number of H-pyrrole nitrogens is 2. The minimum Gasteiger partial charge on any atom is -0.756 e. The fourth-order valence-electron chi connectivity index (χ4n) is 8.11. The molecule has 0 bridgehead atoms. The molecule has 14 N–H and O–H groups in total. The number of imidazole rings is 2. The number of rotatable bonds is 18. The average molecular weight is 1130 g/mol. The van der Waals surface area contributed by atoms with Crippen molar-refractivity contribution in [3.63, 3.8) is 0 Å². The van der Waals surface area contributed by atoms with Gasteiger partial charge in [-0.2, -0.15) is 4.98 Å². The fraction of sp³-hybridized carbons (Fsp3) is 0.516. The number of aromatic nitrogens is 10. The minimum atomic E-state index is -6.46. The molecule has 9 rings (SSSR count). The van der Waals surface area contributed by atoms with Crippen LogP contribution in [-0.2, 0) is 66.4 Å². The Morgan fingerprint density at radius 3 is 2.10 bits per heavy atom. The molecule has 5 aromatic rings. The largest absolute Gasteiger partial charge is 0.756 e. The molecule has 3 fully saturated rings. The van der Waals surface area contributed by atoms with Gasteiger partial charge in [-0.3, -0.25) is 42.4 Å². The summed E-state index contributed by atoms with van der Waals surface area (Å²) in [7, 11) is -17.1. The van der Waals surface area contributed by atoms with Gasteiger partial charge < -0.3 is 89.5 Å². The molecule has 0 aromatic carbocycles. The van der Waals surface area contributed by atoms with Crippen LogP contribution in [0.3, 0.4) is 0 Å². The number of hydrogen-bond donors (Lipinski definition) is 11. The topological polar surface area (TPSA) is 543 Å². The van der Waals surface area contributed by atoms with Gasteiger partial charge in [0.15, 0.2) is 35.1 Å². The van der Waals surface area contributed by atoms with Crippen molar-refractivity contribution in [2.75, 3.05) is 44.1 Å². The normalized spacial score (nSPS) is 31.5. The van der Waals surface area contributed by atoms with Crippen LogP contribution in [0.15, 0.2) is 28.6 Å². The molecule has 16 atom stereocenters. The number of nitrogens with one attached hydrogen (secondary N) is 3. The molecule has 0 aliphatic carbocycles. The third-order valence-corrected chi connectivity index (χ3v) is 17.0. The highest BCUT2D eigenvalue weighted by molar-refractivity contribution is 8.07. The van der Waals surface area contributed by atoms with Crippen LogP contribution in [0.25, 0.3) is 22.3 Å². The van der Waals surface area contributed by atoms with E-state index >= 15 is 0 Å². The number of ether oxygens (including phenoxy) is 3. The quantitative estimate of drug-likeness (QED) is 0.0287. The summed E-state index contributed by atoms with van der Waals surface area (Å²) in [5, 5.41) is 43.0. The third-order valence-electron chi connectivity index (χ3n) is 11.3. The maximum Gasteiger partial charge on any atom is 0.401 e. The van der Waals surface area contributed by atoms with Crippen molar-refractivity contribution in [1.82, 2.24) is 49.0 Å². The molecule has 5 aromatic heterocycles. The highest BCUT2D eigenvalue weighted by Crippen LogP contribution is 2.63. The Kier molecular flexibility index (Phi) is 14.5. The Hall–Kier alpha value is -4.53. The molecule has 3 saturated heterocycles. The van der Waals surface area contributed by atoms with Crippen molar-refractivity contribution in [2.24, 2.45) is 0 Å². The van der Waals surface area contributed by atoms with Crippen LogP contribution in [-0.4, -0.2) is 167 Å². The number of aliphatic hydroxyl groups is 4. The van der Waals surface area contributed by atoms with Gasteiger partial charge in [0.25, 0.3) is 41.1 Å². The zero-order chi connectivity index (χ0) is 52.7. The fourth-order valence-corrected chi connectivity index (χ4v) is 13.0. The highest BCUT2D eigenvalue weighted by Gasteiger charge is 2.53. The molecule has 73 heavy (non-hydrogen) atoms. The Balaban J connectivity index is 0.817. The molecule has 0 radical (unpaired) electrons. The van der Waals surface area contributed by atoms with Crippen LogP contribution in [0.2, 0.25) is 0 Å². The van der Waals surface area contributed by atoms with Crippen LogP contribution in [0.4, 0.5) is 29.2 Å². The number of quaternary nitrogens is 1. The Morgan fingerprint density at radius 2 is 1.38 bits per heavy atom. The predicted octanol–water partition coefficient (Wildman–Crippen LogP) is -7.23. The molecular formula is C31H40N15O22P4S-. The first-order valence-corrected chi connectivity index (χ1v) is 27.7. The van der Waals surface area contributed by atoms with E-state index in [1.807, 2.05) is 0 Å². The van der Waals surface area contributed by atoms with Gasteiger partial charge >= 0.3 is 24.0 Å². The zero-order valence-corrected chi connectivity index (χ0v) is 41.0. The SMILES string of the molecule is C[NH+]1C=[N+]([C@@H]2O[C@H](COP(=O)([O-])OP(=O)([O-])OP(=O)([O-])OC[C@@H]3C[C@@H](OP(O)(=S)OC[C@H]4O[C@@H](n5cnc6c(=O)[nH]c(N)nc65)[C@H](O)[C@@H]4O)[C@H](n4cnc5c(N)ncnc54)O3)[C@@H](O)[C@H]2O)c2nc(N)[nH]c(=O)c21. The first kappa shape index (κ1) is 53.3. The predicted molar refractivity (Wildman–Crippen MR) is 233 cm³/mol. The molecule has 9 heterocycles. The van der Waals surface area contributed by atoms with Crippen LogP contribution in [0, 0.1) is 0 Å². The first-order chi connectivity index (χ1) is 34.2. The Morgan fingerprint density at radius 1 is 0.781 bits per heavy atom. The standard InChI is InChI=1S/C31H41N15O22P4S/c1-43-9-46(24-16(43)26(52)42-31(34)40-24)29-20(50)17(47)12(65-29)4-61-70(55,56)68-71(57,58)67-69(53,54)60-3-10-2-11(27(63-10)44-7-37-14-21(32)35-6-36-22(14)44)66-72(59,73)62-5-13-18(48)19(49)28(64-13)45-8-38-15-23(45)39-30(33)41-25(15)51/h6-13,17-20,27-29,47-50H,2-5H2,1H3,(H11-,32,33,34,35,36,39,40,41,42,51,52,53,54,55,56,57,58,59,73)/p-1/t10-,11+,12+,13+,17+,18+,19+,20+,27+,28+,29+,72?/m0/s1. The molecule has 37 nitrogen and oxygen atoms in total. The summed E-state index contributed by atoms with van der Waals surface area (Å²) >= 11 is 5.25. The van der Waals surface area contributed by atoms with Gasteiger partial charge in [-0.15, -0.1) is 4.58 Å². The van der Waals surface area contributed by atoms with E-state index < -0.39 is 135 Å².